The first-order valence-corrected chi connectivity index (χ1v) is 11.4. The van der Waals surface area contributed by atoms with Crippen molar-refractivity contribution in [2.45, 2.75) is 65.3 Å². The Bertz CT molecular complexity index is 932. The number of nitrogens with two attached hydrogens (primary N) is 1. The number of primary amides is 1. The fourth-order valence-corrected chi connectivity index (χ4v) is 4.71. The minimum absolute atomic E-state index is 0.250. The van der Waals surface area contributed by atoms with E-state index in [0.717, 1.165) is 86.4 Å². The van der Waals surface area contributed by atoms with E-state index < -0.39 is 5.91 Å². The number of hydrogen-bond donors (Lipinski definition) is 1. The van der Waals surface area contributed by atoms with Gasteiger partial charge in [-0.25, -0.2) is 0 Å². The zero-order valence-electron chi connectivity index (χ0n) is 19.1. The van der Waals surface area contributed by atoms with E-state index in [2.05, 4.69) is 11.5 Å². The van der Waals surface area contributed by atoms with E-state index in [9.17, 15) is 9.59 Å². The van der Waals surface area contributed by atoms with Crippen LogP contribution in [-0.4, -0.2) is 41.5 Å². The quantitative estimate of drug-likeness (QED) is 0.545. The molecule has 31 heavy (non-hydrogen) atoms. The molecule has 2 heterocycles. The molecule has 0 atom stereocenters. The van der Waals surface area contributed by atoms with Crippen LogP contribution in [0.15, 0.2) is 24.3 Å². The molecule has 0 spiro atoms. The van der Waals surface area contributed by atoms with Gasteiger partial charge in [0.15, 0.2) is 0 Å². The second-order valence-electron chi connectivity index (χ2n) is 8.29. The predicted octanol–water partition coefficient (Wildman–Crippen LogP) is 4.32. The van der Waals surface area contributed by atoms with Crippen LogP contribution in [0.3, 0.4) is 0 Å². The van der Waals surface area contributed by atoms with Crippen molar-refractivity contribution in [2.75, 3.05) is 20.2 Å². The summed E-state index contributed by atoms with van der Waals surface area (Å²) in [5, 5.41) is 0. The molecule has 6 nitrogen and oxygen atoms in total. The molecule has 0 unspecified atom stereocenters. The molecular weight excluding hydrogens is 390 g/mol. The van der Waals surface area contributed by atoms with Crippen molar-refractivity contribution in [1.82, 2.24) is 9.47 Å². The molecule has 0 bridgehead atoms. The third kappa shape index (κ3) is 4.94. The van der Waals surface area contributed by atoms with Gasteiger partial charge < -0.3 is 19.9 Å². The van der Waals surface area contributed by atoms with Gasteiger partial charge in [0.1, 0.15) is 5.75 Å². The largest absolute Gasteiger partial charge is 0.496 e. The number of carbonyl (C=O) groups excluding carboxylic acids is 2. The average Bonchev–Trinajstić information content (AvgIpc) is 3.29. The molecule has 3 rings (SSSR count). The summed E-state index contributed by atoms with van der Waals surface area (Å²) in [4.78, 5) is 26.5. The summed E-state index contributed by atoms with van der Waals surface area (Å²) in [6.45, 7) is 6.52. The summed E-state index contributed by atoms with van der Waals surface area (Å²) in [6.07, 6.45) is 6.64. The number of rotatable bonds is 11. The van der Waals surface area contributed by atoms with Crippen LogP contribution in [0.1, 0.15) is 67.2 Å². The lowest BCUT2D eigenvalue weighted by Gasteiger charge is -2.18. The Kier molecular flexibility index (Phi) is 7.77. The van der Waals surface area contributed by atoms with Crippen LogP contribution in [0, 0.1) is 6.92 Å². The first-order valence-electron chi connectivity index (χ1n) is 11.4. The van der Waals surface area contributed by atoms with Gasteiger partial charge in [-0.1, -0.05) is 38.0 Å². The molecule has 0 saturated carbocycles. The minimum Gasteiger partial charge on any atom is -0.496 e. The summed E-state index contributed by atoms with van der Waals surface area (Å²) in [5.74, 6) is 0.574. The minimum atomic E-state index is -0.413. The van der Waals surface area contributed by atoms with Gasteiger partial charge in [0, 0.05) is 48.6 Å². The molecule has 6 heteroatoms. The van der Waals surface area contributed by atoms with E-state index in [-0.39, 0.29) is 5.91 Å². The molecule has 1 aromatic carbocycles. The number of unbranched alkanes of at least 4 members (excludes halogenated alkanes) is 2. The Morgan fingerprint density at radius 2 is 1.94 bits per heavy atom. The van der Waals surface area contributed by atoms with E-state index in [4.69, 9.17) is 10.5 Å². The number of hydrogen-bond acceptors (Lipinski definition) is 3. The van der Waals surface area contributed by atoms with Crippen LogP contribution in [0.2, 0.25) is 0 Å². The van der Waals surface area contributed by atoms with Crippen molar-refractivity contribution >= 4 is 11.8 Å². The highest BCUT2D eigenvalue weighted by Gasteiger charge is 2.26. The lowest BCUT2D eigenvalue weighted by molar-refractivity contribution is -0.127. The first kappa shape index (κ1) is 22.9. The molecule has 0 aliphatic carbocycles. The smallest absolute Gasteiger partial charge is 0.251 e. The zero-order chi connectivity index (χ0) is 22.4. The molecule has 1 fully saturated rings. The van der Waals surface area contributed by atoms with Crippen LogP contribution in [0.25, 0.3) is 11.1 Å². The standard InChI is InChI=1S/C25H35N3O3/c1-4-5-6-12-20-24(19-11-7-8-13-21(19)31-3)23(25(26)30)18(2)28(20)17-10-16-27-15-9-14-22(27)29/h7-8,11,13H,4-6,9-10,12,14-17H2,1-3H3,(H2,26,30). The molecule has 2 aromatic rings. The number of benzene rings is 1. The Labute approximate surface area is 185 Å². The molecule has 168 valence electrons. The van der Waals surface area contributed by atoms with Gasteiger partial charge >= 0.3 is 0 Å². The number of likely N-dealkylation sites (tertiary alicyclic amines) is 1. The van der Waals surface area contributed by atoms with Gasteiger partial charge in [0.05, 0.1) is 12.7 Å². The average molecular weight is 426 g/mol. The monoisotopic (exact) mass is 425 g/mol. The van der Waals surface area contributed by atoms with Crippen LogP contribution >= 0.6 is 0 Å². The number of para-hydroxylation sites is 1. The normalized spacial score (nSPS) is 13.8. The summed E-state index contributed by atoms with van der Waals surface area (Å²) >= 11 is 0. The Hall–Kier alpha value is -2.76. The third-order valence-corrected chi connectivity index (χ3v) is 6.25. The zero-order valence-corrected chi connectivity index (χ0v) is 19.1. The van der Waals surface area contributed by atoms with Crippen molar-refractivity contribution in [3.63, 3.8) is 0 Å². The molecule has 1 aromatic heterocycles. The van der Waals surface area contributed by atoms with Crippen molar-refractivity contribution in [1.29, 1.82) is 0 Å². The van der Waals surface area contributed by atoms with Crippen LogP contribution in [-0.2, 0) is 17.8 Å². The maximum atomic E-state index is 12.6. The molecule has 1 aliphatic heterocycles. The highest BCUT2D eigenvalue weighted by atomic mass is 16.5. The number of amides is 2. The third-order valence-electron chi connectivity index (χ3n) is 6.25. The Morgan fingerprint density at radius 1 is 1.16 bits per heavy atom. The van der Waals surface area contributed by atoms with Gasteiger partial charge in [-0.3, -0.25) is 9.59 Å². The summed E-state index contributed by atoms with van der Waals surface area (Å²) in [7, 11) is 1.65. The maximum Gasteiger partial charge on any atom is 0.251 e. The Balaban J connectivity index is 2.02. The number of ether oxygens (including phenoxy) is 1. The maximum absolute atomic E-state index is 12.6. The van der Waals surface area contributed by atoms with Gasteiger partial charge in [0.25, 0.3) is 5.91 Å². The fraction of sp³-hybridized carbons (Fsp3) is 0.520. The van der Waals surface area contributed by atoms with E-state index in [1.54, 1.807) is 7.11 Å². The Morgan fingerprint density at radius 3 is 2.58 bits per heavy atom. The number of aromatic nitrogens is 1. The molecule has 2 N–H and O–H groups in total. The first-order chi connectivity index (χ1) is 15.0. The summed E-state index contributed by atoms with van der Waals surface area (Å²) < 4.78 is 7.87. The van der Waals surface area contributed by atoms with E-state index in [1.165, 1.54) is 0 Å². The molecule has 0 radical (unpaired) electrons. The van der Waals surface area contributed by atoms with E-state index in [0.29, 0.717) is 12.0 Å². The highest BCUT2D eigenvalue weighted by Crippen LogP contribution is 2.39. The van der Waals surface area contributed by atoms with Crippen molar-refractivity contribution in [3.05, 3.63) is 41.2 Å². The van der Waals surface area contributed by atoms with Gasteiger partial charge in [0.2, 0.25) is 5.91 Å². The van der Waals surface area contributed by atoms with Crippen LogP contribution < -0.4 is 10.5 Å². The number of nitrogens with zero attached hydrogens (tertiary/aromatic N) is 2. The lowest BCUT2D eigenvalue weighted by Crippen LogP contribution is -2.26. The van der Waals surface area contributed by atoms with Crippen molar-refractivity contribution in [3.8, 4) is 16.9 Å². The molecule has 2 amide bonds. The van der Waals surface area contributed by atoms with Crippen molar-refractivity contribution < 1.29 is 14.3 Å². The van der Waals surface area contributed by atoms with Gasteiger partial charge in [-0.2, -0.15) is 0 Å². The summed E-state index contributed by atoms with van der Waals surface area (Å²) in [6, 6.07) is 7.81. The topological polar surface area (TPSA) is 77.6 Å². The van der Waals surface area contributed by atoms with Gasteiger partial charge in [-0.15, -0.1) is 0 Å². The second kappa shape index (κ2) is 10.5. The van der Waals surface area contributed by atoms with Crippen molar-refractivity contribution in [2.24, 2.45) is 5.73 Å². The number of methoxy groups -OCH3 is 1. The molecule has 1 aliphatic rings. The van der Waals surface area contributed by atoms with E-state index >= 15 is 0 Å². The SMILES string of the molecule is CCCCCc1c(-c2ccccc2OC)c(C(N)=O)c(C)n1CCCN1CCCC1=O. The molecular formula is C25H35N3O3. The van der Waals surface area contributed by atoms with E-state index in [1.807, 2.05) is 36.1 Å². The van der Waals surface area contributed by atoms with Crippen LogP contribution in [0.5, 0.6) is 5.75 Å². The predicted molar refractivity (Wildman–Crippen MR) is 123 cm³/mol. The highest BCUT2D eigenvalue weighted by molar-refractivity contribution is 6.03. The summed E-state index contributed by atoms with van der Waals surface area (Å²) in [5.41, 5.74) is 10.3. The molecule has 1 saturated heterocycles. The van der Waals surface area contributed by atoms with Gasteiger partial charge in [-0.05, 0) is 38.7 Å². The lowest BCUT2D eigenvalue weighted by atomic mass is 9.96. The number of carbonyl (C=O) groups is 2. The second-order valence-corrected chi connectivity index (χ2v) is 8.29. The fourth-order valence-electron chi connectivity index (χ4n) is 4.71. The van der Waals surface area contributed by atoms with Crippen LogP contribution in [0.4, 0.5) is 0 Å².